The van der Waals surface area contributed by atoms with E-state index in [1.165, 1.54) is 0 Å². The summed E-state index contributed by atoms with van der Waals surface area (Å²) in [5, 5.41) is 6.91. The number of carbonyl (C=O) groups is 1. The summed E-state index contributed by atoms with van der Waals surface area (Å²) < 4.78 is 5.22. The number of carbonyl (C=O) groups excluding carboxylic acids is 1. The van der Waals surface area contributed by atoms with Crippen LogP contribution in [0.5, 0.6) is 5.75 Å². The fourth-order valence-electron chi connectivity index (χ4n) is 2.72. The molecule has 0 saturated heterocycles. The molecular formula is C22H22ClN3O2. The van der Waals surface area contributed by atoms with Crippen molar-refractivity contribution in [3.05, 3.63) is 88.7 Å². The monoisotopic (exact) mass is 395 g/mol. The van der Waals surface area contributed by atoms with Crippen molar-refractivity contribution in [1.82, 2.24) is 10.3 Å². The number of hydrogen-bond acceptors (Lipinski definition) is 4. The molecule has 144 valence electrons. The maximum absolute atomic E-state index is 12.4. The van der Waals surface area contributed by atoms with Crippen LogP contribution in [0.2, 0.25) is 5.02 Å². The van der Waals surface area contributed by atoms with E-state index in [4.69, 9.17) is 16.3 Å². The Kier molecular flexibility index (Phi) is 6.87. The molecule has 0 radical (unpaired) electrons. The Labute approximate surface area is 169 Å². The molecule has 3 aromatic rings. The molecule has 1 aromatic heterocycles. The third-order valence-corrected chi connectivity index (χ3v) is 4.50. The van der Waals surface area contributed by atoms with Crippen LogP contribution in [0.1, 0.15) is 21.5 Å². The number of amides is 1. The van der Waals surface area contributed by atoms with Crippen LogP contribution in [0.4, 0.5) is 5.69 Å². The summed E-state index contributed by atoms with van der Waals surface area (Å²) in [4.78, 5) is 16.6. The number of rotatable bonds is 8. The first-order chi connectivity index (χ1) is 13.6. The normalized spacial score (nSPS) is 10.4. The molecule has 1 amide bonds. The van der Waals surface area contributed by atoms with E-state index in [0.717, 1.165) is 29.0 Å². The minimum atomic E-state index is -0.148. The van der Waals surface area contributed by atoms with Crippen molar-refractivity contribution in [3.8, 4) is 5.75 Å². The number of ether oxygens (including phenoxy) is 1. The lowest BCUT2D eigenvalue weighted by Crippen LogP contribution is -2.25. The molecule has 2 aromatic carbocycles. The maximum atomic E-state index is 12.4. The van der Waals surface area contributed by atoms with Gasteiger partial charge in [-0.1, -0.05) is 35.9 Å². The van der Waals surface area contributed by atoms with Gasteiger partial charge >= 0.3 is 0 Å². The summed E-state index contributed by atoms with van der Waals surface area (Å²) in [7, 11) is 1.64. The molecule has 0 atom stereocenters. The van der Waals surface area contributed by atoms with Crippen LogP contribution in [-0.2, 0) is 13.0 Å². The van der Waals surface area contributed by atoms with E-state index in [2.05, 4.69) is 15.6 Å². The van der Waals surface area contributed by atoms with Gasteiger partial charge in [0.1, 0.15) is 5.75 Å². The molecule has 3 rings (SSSR count). The summed E-state index contributed by atoms with van der Waals surface area (Å²) in [6.07, 6.45) is 3.99. The van der Waals surface area contributed by atoms with Gasteiger partial charge in [-0.05, 0) is 47.9 Å². The zero-order chi connectivity index (χ0) is 19.8. The number of benzene rings is 2. The number of methoxy groups -OCH3 is 1. The second-order valence-electron chi connectivity index (χ2n) is 6.30. The highest BCUT2D eigenvalue weighted by Gasteiger charge is 2.07. The van der Waals surface area contributed by atoms with E-state index in [-0.39, 0.29) is 5.91 Å². The summed E-state index contributed by atoms with van der Waals surface area (Å²) in [5.41, 5.74) is 3.51. The molecule has 0 saturated carbocycles. The van der Waals surface area contributed by atoms with Crippen LogP contribution in [0.25, 0.3) is 0 Å². The van der Waals surface area contributed by atoms with Gasteiger partial charge in [-0.2, -0.15) is 0 Å². The Hall–Kier alpha value is -3.05. The number of halogens is 1. The second kappa shape index (κ2) is 9.76. The Balaban J connectivity index is 1.52. The molecular weight excluding hydrogens is 374 g/mol. The minimum absolute atomic E-state index is 0.148. The third kappa shape index (κ3) is 5.72. The number of hydrogen-bond donors (Lipinski definition) is 2. The van der Waals surface area contributed by atoms with Crippen molar-refractivity contribution in [2.45, 2.75) is 13.0 Å². The number of nitrogens with one attached hydrogen (secondary N) is 2. The summed E-state index contributed by atoms with van der Waals surface area (Å²) >= 11 is 5.90. The highest BCUT2D eigenvalue weighted by molar-refractivity contribution is 6.30. The van der Waals surface area contributed by atoms with Gasteiger partial charge in [0.15, 0.2) is 0 Å². The predicted molar refractivity (Wildman–Crippen MR) is 112 cm³/mol. The SMILES string of the molecule is COc1cccc(CCNC(=O)c2cncc(NCc3ccc(Cl)cc3)c2)c1. The van der Waals surface area contributed by atoms with E-state index in [1.807, 2.05) is 48.5 Å². The first kappa shape index (κ1) is 19.7. The van der Waals surface area contributed by atoms with Gasteiger partial charge in [-0.3, -0.25) is 9.78 Å². The predicted octanol–water partition coefficient (Wildman–Crippen LogP) is 4.33. The largest absolute Gasteiger partial charge is 0.497 e. The number of nitrogens with zero attached hydrogens (tertiary/aromatic N) is 1. The zero-order valence-corrected chi connectivity index (χ0v) is 16.4. The second-order valence-corrected chi connectivity index (χ2v) is 6.74. The smallest absolute Gasteiger partial charge is 0.252 e. The first-order valence-corrected chi connectivity index (χ1v) is 9.36. The summed E-state index contributed by atoms with van der Waals surface area (Å²) in [6.45, 7) is 1.16. The highest BCUT2D eigenvalue weighted by atomic mass is 35.5. The van der Waals surface area contributed by atoms with Crippen molar-refractivity contribution in [3.63, 3.8) is 0 Å². The van der Waals surface area contributed by atoms with Gasteiger partial charge in [0.2, 0.25) is 0 Å². The average molecular weight is 396 g/mol. The summed E-state index contributed by atoms with van der Waals surface area (Å²) in [6, 6.07) is 17.2. The Morgan fingerprint density at radius 2 is 1.89 bits per heavy atom. The lowest BCUT2D eigenvalue weighted by Gasteiger charge is -2.09. The van der Waals surface area contributed by atoms with Crippen LogP contribution < -0.4 is 15.4 Å². The maximum Gasteiger partial charge on any atom is 0.252 e. The van der Waals surface area contributed by atoms with Crippen LogP contribution in [0, 0.1) is 0 Å². The van der Waals surface area contributed by atoms with E-state index in [9.17, 15) is 4.79 Å². The molecule has 0 unspecified atom stereocenters. The quantitative estimate of drug-likeness (QED) is 0.596. The van der Waals surface area contributed by atoms with Gasteiger partial charge in [0.05, 0.1) is 18.4 Å². The molecule has 0 fully saturated rings. The topological polar surface area (TPSA) is 63.2 Å². The van der Waals surface area contributed by atoms with Gasteiger partial charge in [0, 0.05) is 30.5 Å². The third-order valence-electron chi connectivity index (χ3n) is 4.24. The lowest BCUT2D eigenvalue weighted by molar-refractivity contribution is 0.0954. The molecule has 5 nitrogen and oxygen atoms in total. The molecule has 0 aliphatic rings. The highest BCUT2D eigenvalue weighted by Crippen LogP contribution is 2.14. The average Bonchev–Trinajstić information content (AvgIpc) is 2.73. The number of pyridine rings is 1. The standard InChI is InChI=1S/C22H22ClN3O2/c1-28-21-4-2-3-16(11-21)9-10-25-22(27)18-12-20(15-24-14-18)26-13-17-5-7-19(23)8-6-17/h2-8,11-12,14-15,26H,9-10,13H2,1H3,(H,25,27). The van der Waals surface area contributed by atoms with Crippen molar-refractivity contribution in [2.24, 2.45) is 0 Å². The molecule has 1 heterocycles. The van der Waals surface area contributed by atoms with E-state index in [1.54, 1.807) is 25.6 Å². The zero-order valence-electron chi connectivity index (χ0n) is 15.6. The minimum Gasteiger partial charge on any atom is -0.497 e. The summed E-state index contributed by atoms with van der Waals surface area (Å²) in [5.74, 6) is 0.665. The van der Waals surface area contributed by atoms with E-state index >= 15 is 0 Å². The Bertz CT molecular complexity index is 929. The van der Waals surface area contributed by atoms with Crippen LogP contribution >= 0.6 is 11.6 Å². The van der Waals surface area contributed by atoms with Gasteiger partial charge in [0.25, 0.3) is 5.91 Å². The van der Waals surface area contributed by atoms with E-state index in [0.29, 0.717) is 23.7 Å². The Morgan fingerprint density at radius 1 is 1.07 bits per heavy atom. The molecule has 2 N–H and O–H groups in total. The fourth-order valence-corrected chi connectivity index (χ4v) is 2.84. The van der Waals surface area contributed by atoms with Gasteiger partial charge < -0.3 is 15.4 Å². The fraction of sp³-hybridized carbons (Fsp3) is 0.182. The van der Waals surface area contributed by atoms with Crippen LogP contribution in [-0.4, -0.2) is 24.5 Å². The molecule has 0 aliphatic heterocycles. The van der Waals surface area contributed by atoms with Crippen molar-refractivity contribution in [1.29, 1.82) is 0 Å². The van der Waals surface area contributed by atoms with Crippen molar-refractivity contribution < 1.29 is 9.53 Å². The molecule has 0 aliphatic carbocycles. The molecule has 0 bridgehead atoms. The van der Waals surface area contributed by atoms with Crippen molar-refractivity contribution >= 4 is 23.2 Å². The van der Waals surface area contributed by atoms with Crippen LogP contribution in [0.15, 0.2) is 67.0 Å². The molecule has 28 heavy (non-hydrogen) atoms. The Morgan fingerprint density at radius 3 is 2.68 bits per heavy atom. The number of anilines is 1. The van der Waals surface area contributed by atoms with Crippen LogP contribution in [0.3, 0.4) is 0 Å². The van der Waals surface area contributed by atoms with Gasteiger partial charge in [-0.15, -0.1) is 0 Å². The lowest BCUT2D eigenvalue weighted by atomic mass is 10.1. The van der Waals surface area contributed by atoms with Gasteiger partial charge in [-0.25, -0.2) is 0 Å². The van der Waals surface area contributed by atoms with E-state index < -0.39 is 0 Å². The molecule has 6 heteroatoms. The first-order valence-electron chi connectivity index (χ1n) is 8.98. The van der Waals surface area contributed by atoms with Crippen molar-refractivity contribution in [2.75, 3.05) is 19.0 Å². The molecule has 0 spiro atoms. The number of aromatic nitrogens is 1.